The monoisotopic (exact) mass is 239 g/mol. The molecular weight excluding hydrogens is 222 g/mol. The molecule has 6 nitrogen and oxygen atoms in total. The van der Waals surface area contributed by atoms with E-state index in [2.05, 4.69) is 20.0 Å². The van der Waals surface area contributed by atoms with Gasteiger partial charge in [0.15, 0.2) is 0 Å². The number of methoxy groups -OCH3 is 1. The maximum Gasteiger partial charge on any atom is 0.328 e. The minimum absolute atomic E-state index is 0.344. The van der Waals surface area contributed by atoms with Gasteiger partial charge in [0.25, 0.3) is 0 Å². The van der Waals surface area contributed by atoms with Crippen LogP contribution in [0, 0.1) is 0 Å². The van der Waals surface area contributed by atoms with Gasteiger partial charge >= 0.3 is 5.97 Å². The van der Waals surface area contributed by atoms with Crippen molar-refractivity contribution in [2.45, 2.75) is 26.3 Å². The van der Waals surface area contributed by atoms with E-state index in [1.165, 1.54) is 7.11 Å². The van der Waals surface area contributed by atoms with Crippen molar-refractivity contribution in [3.63, 3.8) is 0 Å². The maximum atomic E-state index is 11.2. The first-order valence-corrected chi connectivity index (χ1v) is 5.47. The molecule has 1 atom stereocenters. The smallest absolute Gasteiger partial charge is 0.328 e. The largest absolute Gasteiger partial charge is 0.478 e. The maximum absolute atomic E-state index is 11.2. The number of nitrogens with one attached hydrogen (secondary N) is 1. The molecule has 1 heterocycles. The summed E-state index contributed by atoms with van der Waals surface area (Å²) in [6, 6.07) is 1.17. The quantitative estimate of drug-likeness (QED) is 0.753. The van der Waals surface area contributed by atoms with Gasteiger partial charge in [0.1, 0.15) is 6.04 Å². The van der Waals surface area contributed by atoms with Gasteiger partial charge in [-0.3, -0.25) is 0 Å². The highest BCUT2D eigenvalue weighted by Gasteiger charge is 2.13. The Bertz CT molecular complexity index is 371. The zero-order valence-electron chi connectivity index (χ0n) is 10.3. The van der Waals surface area contributed by atoms with E-state index in [0.29, 0.717) is 18.4 Å². The summed E-state index contributed by atoms with van der Waals surface area (Å²) >= 11 is 0. The number of anilines is 1. The lowest BCUT2D eigenvalue weighted by Crippen LogP contribution is -2.28. The first-order valence-electron chi connectivity index (χ1n) is 5.47. The summed E-state index contributed by atoms with van der Waals surface area (Å²) in [6.45, 7) is 4.29. The fourth-order valence-electron chi connectivity index (χ4n) is 1.13. The zero-order chi connectivity index (χ0) is 12.7. The van der Waals surface area contributed by atoms with Crippen LogP contribution in [-0.4, -0.2) is 35.7 Å². The molecule has 1 aromatic rings. The van der Waals surface area contributed by atoms with Crippen molar-refractivity contribution in [1.29, 1.82) is 0 Å². The molecule has 0 aliphatic heterocycles. The molecule has 0 saturated carbocycles. The first-order chi connectivity index (χ1) is 8.17. The van der Waals surface area contributed by atoms with E-state index in [0.717, 1.165) is 6.42 Å². The SMILES string of the molecule is CCCOc1ccnc(NC(C)C(=O)OC)n1. The minimum atomic E-state index is -0.499. The van der Waals surface area contributed by atoms with Gasteiger partial charge in [-0.1, -0.05) is 6.92 Å². The van der Waals surface area contributed by atoms with Crippen LogP contribution in [0.5, 0.6) is 5.88 Å². The van der Waals surface area contributed by atoms with Gasteiger partial charge in [-0.2, -0.15) is 4.98 Å². The van der Waals surface area contributed by atoms with E-state index in [4.69, 9.17) is 4.74 Å². The molecule has 1 rings (SSSR count). The summed E-state index contributed by atoms with van der Waals surface area (Å²) < 4.78 is 9.95. The number of aromatic nitrogens is 2. The zero-order valence-corrected chi connectivity index (χ0v) is 10.3. The number of esters is 1. The molecule has 0 radical (unpaired) electrons. The number of ether oxygens (including phenoxy) is 2. The second-order valence-electron chi connectivity index (χ2n) is 3.46. The van der Waals surface area contributed by atoms with Crippen LogP contribution in [0.4, 0.5) is 5.95 Å². The van der Waals surface area contributed by atoms with Gasteiger partial charge in [0, 0.05) is 12.3 Å². The molecule has 0 fully saturated rings. The first kappa shape index (κ1) is 13.2. The second-order valence-corrected chi connectivity index (χ2v) is 3.46. The van der Waals surface area contributed by atoms with E-state index < -0.39 is 6.04 Å². The van der Waals surface area contributed by atoms with Gasteiger partial charge in [-0.25, -0.2) is 9.78 Å². The van der Waals surface area contributed by atoms with E-state index in [1.54, 1.807) is 19.2 Å². The van der Waals surface area contributed by atoms with Gasteiger partial charge in [0.2, 0.25) is 11.8 Å². The van der Waals surface area contributed by atoms with Crippen LogP contribution in [0.25, 0.3) is 0 Å². The number of nitrogens with zero attached hydrogens (tertiary/aromatic N) is 2. The molecular formula is C11H17N3O3. The average molecular weight is 239 g/mol. The third kappa shape index (κ3) is 4.26. The fraction of sp³-hybridized carbons (Fsp3) is 0.545. The molecule has 0 aromatic carbocycles. The normalized spacial score (nSPS) is 11.7. The number of hydrogen-bond acceptors (Lipinski definition) is 6. The third-order valence-electron chi connectivity index (χ3n) is 1.98. The Morgan fingerprint density at radius 3 is 3.00 bits per heavy atom. The highest BCUT2D eigenvalue weighted by atomic mass is 16.5. The van der Waals surface area contributed by atoms with Crippen LogP contribution >= 0.6 is 0 Å². The van der Waals surface area contributed by atoms with E-state index >= 15 is 0 Å². The molecule has 1 aromatic heterocycles. The van der Waals surface area contributed by atoms with Crippen LogP contribution in [0.2, 0.25) is 0 Å². The van der Waals surface area contributed by atoms with Crippen molar-refractivity contribution in [2.75, 3.05) is 19.0 Å². The molecule has 0 bridgehead atoms. The highest BCUT2D eigenvalue weighted by molar-refractivity contribution is 5.77. The Morgan fingerprint density at radius 1 is 1.59 bits per heavy atom. The summed E-state index contributed by atoms with van der Waals surface area (Å²) in [5.41, 5.74) is 0. The van der Waals surface area contributed by atoms with Crippen LogP contribution in [0.1, 0.15) is 20.3 Å². The number of rotatable bonds is 6. The van der Waals surface area contributed by atoms with Crippen LogP contribution in [-0.2, 0) is 9.53 Å². The Morgan fingerprint density at radius 2 is 2.35 bits per heavy atom. The van der Waals surface area contributed by atoms with E-state index in [1.807, 2.05) is 6.92 Å². The summed E-state index contributed by atoms with van der Waals surface area (Å²) in [6.07, 6.45) is 2.48. The van der Waals surface area contributed by atoms with Gasteiger partial charge in [-0.05, 0) is 13.3 Å². The molecule has 1 N–H and O–H groups in total. The van der Waals surface area contributed by atoms with Crippen molar-refractivity contribution in [3.8, 4) is 5.88 Å². The van der Waals surface area contributed by atoms with Gasteiger partial charge in [-0.15, -0.1) is 0 Å². The molecule has 0 aliphatic rings. The van der Waals surface area contributed by atoms with Crippen molar-refractivity contribution < 1.29 is 14.3 Å². The number of carbonyl (C=O) groups is 1. The summed E-state index contributed by atoms with van der Waals surface area (Å²) in [5, 5.41) is 2.83. The Hall–Kier alpha value is -1.85. The molecule has 6 heteroatoms. The summed E-state index contributed by atoms with van der Waals surface area (Å²) in [5.74, 6) is 0.464. The summed E-state index contributed by atoms with van der Waals surface area (Å²) in [7, 11) is 1.34. The highest BCUT2D eigenvalue weighted by Crippen LogP contribution is 2.09. The molecule has 1 unspecified atom stereocenters. The van der Waals surface area contributed by atoms with Gasteiger partial charge < -0.3 is 14.8 Å². The minimum Gasteiger partial charge on any atom is -0.478 e. The molecule has 17 heavy (non-hydrogen) atoms. The lowest BCUT2D eigenvalue weighted by atomic mass is 10.3. The predicted molar refractivity (Wildman–Crippen MR) is 62.9 cm³/mol. The van der Waals surface area contributed by atoms with E-state index in [9.17, 15) is 4.79 Å². The van der Waals surface area contributed by atoms with Crippen molar-refractivity contribution in [3.05, 3.63) is 12.3 Å². The molecule has 0 spiro atoms. The van der Waals surface area contributed by atoms with Crippen molar-refractivity contribution >= 4 is 11.9 Å². The number of hydrogen-bond donors (Lipinski definition) is 1. The Kier molecular flexibility index (Phi) is 5.19. The van der Waals surface area contributed by atoms with Crippen molar-refractivity contribution in [2.24, 2.45) is 0 Å². The standard InChI is InChI=1S/C11H17N3O3/c1-4-7-17-9-5-6-12-11(14-9)13-8(2)10(15)16-3/h5-6,8H,4,7H2,1-3H3,(H,12,13,14). The average Bonchev–Trinajstić information content (AvgIpc) is 2.35. The van der Waals surface area contributed by atoms with Crippen LogP contribution in [0.3, 0.4) is 0 Å². The van der Waals surface area contributed by atoms with E-state index in [-0.39, 0.29) is 5.97 Å². The van der Waals surface area contributed by atoms with Crippen LogP contribution in [0.15, 0.2) is 12.3 Å². The van der Waals surface area contributed by atoms with Crippen LogP contribution < -0.4 is 10.1 Å². The molecule has 0 aliphatic carbocycles. The Balaban J connectivity index is 2.62. The second kappa shape index (κ2) is 6.67. The van der Waals surface area contributed by atoms with Gasteiger partial charge in [0.05, 0.1) is 13.7 Å². The molecule has 0 amide bonds. The third-order valence-corrected chi connectivity index (χ3v) is 1.98. The number of carbonyl (C=O) groups excluding carboxylic acids is 1. The van der Waals surface area contributed by atoms with Crippen molar-refractivity contribution in [1.82, 2.24) is 9.97 Å². The topological polar surface area (TPSA) is 73.3 Å². The molecule has 0 saturated heterocycles. The lowest BCUT2D eigenvalue weighted by molar-refractivity contribution is -0.141. The Labute approximate surface area is 100 Å². The predicted octanol–water partition coefficient (Wildman–Crippen LogP) is 1.24. The molecule has 94 valence electrons. The summed E-state index contributed by atoms with van der Waals surface area (Å²) in [4.78, 5) is 19.3. The fourth-order valence-corrected chi connectivity index (χ4v) is 1.13. The lowest BCUT2D eigenvalue weighted by Gasteiger charge is -2.11.